The number of rotatable bonds is 3. The second-order valence-corrected chi connectivity index (χ2v) is 6.45. The lowest BCUT2D eigenvalue weighted by atomic mass is 9.89. The Balaban J connectivity index is 1.82. The molecule has 124 valence electrons. The van der Waals surface area contributed by atoms with E-state index in [4.69, 9.17) is 11.6 Å². The number of amides is 1. The van der Waals surface area contributed by atoms with Gasteiger partial charge in [-0.15, -0.1) is 11.6 Å². The van der Waals surface area contributed by atoms with Crippen LogP contribution in [0.2, 0.25) is 0 Å². The van der Waals surface area contributed by atoms with E-state index in [9.17, 15) is 9.18 Å². The van der Waals surface area contributed by atoms with Crippen molar-refractivity contribution < 1.29 is 9.18 Å². The first kappa shape index (κ1) is 16.3. The van der Waals surface area contributed by atoms with E-state index < -0.39 is 0 Å². The summed E-state index contributed by atoms with van der Waals surface area (Å²) in [5.74, 6) is -0.256. The van der Waals surface area contributed by atoms with Gasteiger partial charge in [0, 0.05) is 38.4 Å². The minimum Gasteiger partial charge on any atom is -0.387 e. The Labute approximate surface area is 140 Å². The molecule has 1 unspecified atom stereocenters. The van der Waals surface area contributed by atoms with Gasteiger partial charge >= 0.3 is 0 Å². The first-order valence-corrected chi connectivity index (χ1v) is 8.35. The zero-order valence-electron chi connectivity index (χ0n) is 13.0. The minimum atomic E-state index is -0.269. The van der Waals surface area contributed by atoms with Gasteiger partial charge in [0.1, 0.15) is 11.7 Å². The molecule has 0 bridgehead atoms. The fourth-order valence-corrected chi connectivity index (χ4v) is 3.72. The van der Waals surface area contributed by atoms with Crippen molar-refractivity contribution in [2.24, 2.45) is 0 Å². The first-order valence-electron chi connectivity index (χ1n) is 7.82. The lowest BCUT2D eigenvalue weighted by Crippen LogP contribution is -2.63. The number of halogens is 2. The van der Waals surface area contributed by atoms with Gasteiger partial charge in [-0.05, 0) is 24.1 Å². The van der Waals surface area contributed by atoms with Crippen LogP contribution in [0.15, 0.2) is 36.5 Å². The average molecular weight is 338 g/mol. The third kappa shape index (κ3) is 3.08. The molecule has 1 atom stereocenters. The number of benzene rings is 1. The van der Waals surface area contributed by atoms with Crippen LogP contribution in [0.4, 0.5) is 4.39 Å². The van der Waals surface area contributed by atoms with Crippen LogP contribution >= 0.6 is 11.6 Å². The zero-order valence-corrected chi connectivity index (χ0v) is 13.8. The lowest BCUT2D eigenvalue weighted by Gasteiger charge is -2.49. The zero-order chi connectivity index (χ0) is 16.4. The Morgan fingerprint density at radius 1 is 1.35 bits per heavy atom. The predicted octanol–water partition coefficient (Wildman–Crippen LogP) is 1.95. The molecule has 1 amide bonds. The van der Waals surface area contributed by atoms with E-state index in [-0.39, 0.29) is 23.1 Å². The summed E-state index contributed by atoms with van der Waals surface area (Å²) in [7, 11) is 0. The van der Waals surface area contributed by atoms with Gasteiger partial charge in [-0.25, -0.2) is 4.39 Å². The fraction of sp³-hybridized carbons (Fsp3) is 0.471. The topological polar surface area (TPSA) is 35.6 Å². The molecule has 2 fully saturated rings. The van der Waals surface area contributed by atoms with Crippen LogP contribution in [0.1, 0.15) is 12.0 Å². The summed E-state index contributed by atoms with van der Waals surface area (Å²) in [5, 5.41) is 3.32. The maximum Gasteiger partial charge on any atom is 0.237 e. The van der Waals surface area contributed by atoms with Crippen molar-refractivity contribution in [3.63, 3.8) is 0 Å². The molecule has 23 heavy (non-hydrogen) atoms. The molecule has 4 nitrogen and oxygen atoms in total. The standard InChI is InChI=1S/C17H21ClFN3O/c1-13-17(6-7-20-13)12-21(16(23)10-18)8-9-22(17)11-14-2-4-15(19)5-3-14/h2-5,20H,1,6-12H2. The predicted molar refractivity (Wildman–Crippen MR) is 88.6 cm³/mol. The number of alkyl halides is 1. The second kappa shape index (κ2) is 6.49. The number of piperazine rings is 1. The van der Waals surface area contributed by atoms with Gasteiger partial charge in [0.05, 0.1) is 5.54 Å². The van der Waals surface area contributed by atoms with Crippen molar-refractivity contribution in [3.05, 3.63) is 47.9 Å². The molecule has 1 aromatic carbocycles. The third-order valence-electron chi connectivity index (χ3n) is 4.89. The van der Waals surface area contributed by atoms with Crippen molar-refractivity contribution in [1.29, 1.82) is 0 Å². The van der Waals surface area contributed by atoms with Crippen LogP contribution in [0.5, 0.6) is 0 Å². The normalized spacial score (nSPS) is 25.0. The van der Waals surface area contributed by atoms with Gasteiger partial charge in [-0.3, -0.25) is 9.69 Å². The van der Waals surface area contributed by atoms with Crippen molar-refractivity contribution in [2.75, 3.05) is 32.1 Å². The Morgan fingerprint density at radius 3 is 2.70 bits per heavy atom. The van der Waals surface area contributed by atoms with Crippen molar-refractivity contribution in [2.45, 2.75) is 18.5 Å². The molecular weight excluding hydrogens is 317 g/mol. The molecule has 2 heterocycles. The van der Waals surface area contributed by atoms with Crippen molar-refractivity contribution in [1.82, 2.24) is 15.1 Å². The number of hydrogen-bond donors (Lipinski definition) is 1. The van der Waals surface area contributed by atoms with Crippen LogP contribution in [0, 0.1) is 5.82 Å². The highest BCUT2D eigenvalue weighted by Crippen LogP contribution is 2.35. The lowest BCUT2D eigenvalue weighted by molar-refractivity contribution is -0.133. The summed E-state index contributed by atoms with van der Waals surface area (Å²) >= 11 is 5.72. The summed E-state index contributed by atoms with van der Waals surface area (Å²) < 4.78 is 13.1. The van der Waals surface area contributed by atoms with E-state index in [0.29, 0.717) is 19.6 Å². The van der Waals surface area contributed by atoms with E-state index in [1.165, 1.54) is 12.1 Å². The molecule has 0 saturated carbocycles. The first-order chi connectivity index (χ1) is 11.0. The molecule has 1 N–H and O–H groups in total. The monoisotopic (exact) mass is 337 g/mol. The third-order valence-corrected chi connectivity index (χ3v) is 5.12. The molecule has 2 saturated heterocycles. The van der Waals surface area contributed by atoms with E-state index in [2.05, 4.69) is 16.8 Å². The Morgan fingerprint density at radius 2 is 2.09 bits per heavy atom. The smallest absolute Gasteiger partial charge is 0.237 e. The van der Waals surface area contributed by atoms with Crippen LogP contribution in [-0.4, -0.2) is 53.3 Å². The van der Waals surface area contributed by atoms with E-state index in [0.717, 1.165) is 30.8 Å². The average Bonchev–Trinajstić information content (AvgIpc) is 2.92. The Bertz CT molecular complexity index is 606. The number of nitrogens with one attached hydrogen (secondary N) is 1. The molecule has 0 radical (unpaired) electrons. The summed E-state index contributed by atoms with van der Waals surface area (Å²) in [6.45, 7) is 7.74. The van der Waals surface area contributed by atoms with Gasteiger partial charge in [-0.1, -0.05) is 18.7 Å². The van der Waals surface area contributed by atoms with Gasteiger partial charge in [0.15, 0.2) is 0 Å². The van der Waals surface area contributed by atoms with E-state index >= 15 is 0 Å². The Hall–Kier alpha value is -1.59. The summed E-state index contributed by atoms with van der Waals surface area (Å²) in [4.78, 5) is 16.2. The number of carbonyl (C=O) groups excluding carboxylic acids is 1. The molecule has 3 rings (SSSR count). The molecule has 0 aromatic heterocycles. The molecule has 2 aliphatic heterocycles. The van der Waals surface area contributed by atoms with Gasteiger partial charge in [-0.2, -0.15) is 0 Å². The van der Waals surface area contributed by atoms with Gasteiger partial charge in [0.25, 0.3) is 0 Å². The Kier molecular flexibility index (Phi) is 4.60. The molecule has 1 spiro atoms. The molecule has 2 aliphatic rings. The highest BCUT2D eigenvalue weighted by atomic mass is 35.5. The summed E-state index contributed by atoms with van der Waals surface area (Å²) in [6, 6.07) is 6.59. The highest BCUT2D eigenvalue weighted by Gasteiger charge is 2.47. The van der Waals surface area contributed by atoms with Crippen LogP contribution in [0.3, 0.4) is 0 Å². The molecular formula is C17H21ClFN3O. The van der Waals surface area contributed by atoms with Crippen LogP contribution < -0.4 is 5.32 Å². The summed E-state index contributed by atoms with van der Waals surface area (Å²) in [5.41, 5.74) is 1.74. The van der Waals surface area contributed by atoms with E-state index in [1.807, 2.05) is 17.0 Å². The van der Waals surface area contributed by atoms with Crippen molar-refractivity contribution >= 4 is 17.5 Å². The number of hydrogen-bond acceptors (Lipinski definition) is 3. The molecule has 1 aromatic rings. The van der Waals surface area contributed by atoms with Crippen molar-refractivity contribution in [3.8, 4) is 0 Å². The van der Waals surface area contributed by atoms with Crippen LogP contribution in [-0.2, 0) is 11.3 Å². The quantitative estimate of drug-likeness (QED) is 0.856. The second-order valence-electron chi connectivity index (χ2n) is 6.18. The maximum absolute atomic E-state index is 13.1. The number of carbonyl (C=O) groups is 1. The van der Waals surface area contributed by atoms with Crippen LogP contribution in [0.25, 0.3) is 0 Å². The summed E-state index contributed by atoms with van der Waals surface area (Å²) in [6.07, 6.45) is 0.902. The molecule has 6 heteroatoms. The maximum atomic E-state index is 13.1. The highest BCUT2D eigenvalue weighted by molar-refractivity contribution is 6.27. The fourth-order valence-electron chi connectivity index (χ4n) is 3.55. The molecule has 0 aliphatic carbocycles. The largest absolute Gasteiger partial charge is 0.387 e. The van der Waals surface area contributed by atoms with Gasteiger partial charge < -0.3 is 10.2 Å². The number of nitrogens with zero attached hydrogens (tertiary/aromatic N) is 2. The minimum absolute atomic E-state index is 0.00788. The van der Waals surface area contributed by atoms with E-state index in [1.54, 1.807) is 0 Å². The van der Waals surface area contributed by atoms with Gasteiger partial charge in [0.2, 0.25) is 5.91 Å². The SMILES string of the molecule is C=C1NCCC12CN(C(=O)CCl)CCN2Cc1ccc(F)cc1.